The molecule has 1 aromatic carbocycles. The normalized spacial score (nSPS) is 9.38. The number of hydrogen-bond acceptors (Lipinski definition) is 3. The Morgan fingerprint density at radius 2 is 1.75 bits per heavy atom. The van der Waals surface area contributed by atoms with Crippen molar-refractivity contribution in [1.82, 2.24) is 0 Å². The molecule has 86 valence electrons. The summed E-state index contributed by atoms with van der Waals surface area (Å²) in [5, 5.41) is 7.79. The van der Waals surface area contributed by atoms with E-state index in [2.05, 4.69) is 29.7 Å². The molecule has 0 atom stereocenters. The molecule has 0 amide bonds. The third-order valence-corrected chi connectivity index (χ3v) is 2.16. The van der Waals surface area contributed by atoms with Crippen molar-refractivity contribution in [2.24, 2.45) is 0 Å². The number of benzene rings is 1. The number of halogens is 1. The number of carboxylic acid groups (broad SMARTS) is 1. The van der Waals surface area contributed by atoms with Crippen molar-refractivity contribution in [2.75, 3.05) is 5.75 Å². The van der Waals surface area contributed by atoms with E-state index in [9.17, 15) is 13.2 Å². The summed E-state index contributed by atoms with van der Waals surface area (Å²) in [5.74, 6) is -2.46. The zero-order valence-electron chi connectivity index (χ0n) is 8.05. The Balaban J connectivity index is 0. The van der Waals surface area contributed by atoms with Gasteiger partial charge in [-0.15, -0.1) is 0 Å². The Labute approximate surface area is 121 Å². The van der Waals surface area contributed by atoms with Crippen molar-refractivity contribution < 1.29 is 18.3 Å². The number of hydrogen-bond donors (Lipinski definition) is 1. The molecule has 4 nitrogen and oxygen atoms in total. The van der Waals surface area contributed by atoms with Gasteiger partial charge in [0, 0.05) is 10.7 Å². The number of rotatable bonds is 2. The Morgan fingerprint density at radius 3 is 1.88 bits per heavy atom. The number of carboxylic acids is 1. The van der Waals surface area contributed by atoms with E-state index >= 15 is 0 Å². The first-order chi connectivity index (χ1) is 6.81. The molecule has 0 unspecified atom stereocenters. The van der Waals surface area contributed by atoms with Gasteiger partial charge in [0.2, 0.25) is 9.05 Å². The molecule has 7 heteroatoms. The van der Waals surface area contributed by atoms with Gasteiger partial charge in [-0.3, -0.25) is 4.79 Å². The van der Waals surface area contributed by atoms with Gasteiger partial charge in [-0.25, -0.2) is 8.42 Å². The van der Waals surface area contributed by atoms with Crippen LogP contribution < -0.4 is 0 Å². The first-order valence-electron chi connectivity index (χ1n) is 3.97. The standard InChI is InChI=1S/C7H8.C2H3ClO4S.Na.H/c1-7-5-3-2-4-6-7;3-8(6,7)1-2(4)5;;/h2-6H,1H3;1H2,(H,4,5);;. The molecular weight excluding hydrogens is 263 g/mol. The summed E-state index contributed by atoms with van der Waals surface area (Å²) >= 11 is 0. The molecular formula is C9H12ClNaO4S. The molecule has 0 aliphatic rings. The molecule has 0 saturated carbocycles. The van der Waals surface area contributed by atoms with E-state index < -0.39 is 20.8 Å². The first-order valence-corrected chi connectivity index (χ1v) is 6.45. The second-order valence-corrected chi connectivity index (χ2v) is 5.51. The minimum absolute atomic E-state index is 0. The zero-order valence-corrected chi connectivity index (χ0v) is 9.62. The Morgan fingerprint density at radius 1 is 1.31 bits per heavy atom. The van der Waals surface area contributed by atoms with Gasteiger partial charge in [-0.05, 0) is 6.92 Å². The van der Waals surface area contributed by atoms with Crippen LogP contribution in [0.3, 0.4) is 0 Å². The molecule has 0 heterocycles. The SMILES string of the molecule is Cc1ccccc1.O=C(O)CS(=O)(=O)Cl.[NaH]. The second kappa shape index (κ2) is 9.01. The summed E-state index contributed by atoms with van der Waals surface area (Å²) in [4.78, 5) is 9.55. The van der Waals surface area contributed by atoms with Crippen LogP contribution in [0.5, 0.6) is 0 Å². The molecule has 0 spiro atoms. The van der Waals surface area contributed by atoms with E-state index in [1.807, 2.05) is 18.2 Å². The number of aryl methyl sites for hydroxylation is 1. The van der Waals surface area contributed by atoms with Crippen LogP contribution >= 0.6 is 10.7 Å². The van der Waals surface area contributed by atoms with Gasteiger partial charge in [-0.2, -0.15) is 0 Å². The topological polar surface area (TPSA) is 71.4 Å². The van der Waals surface area contributed by atoms with E-state index in [0.717, 1.165) is 0 Å². The molecule has 0 aromatic heterocycles. The molecule has 0 bridgehead atoms. The Hall–Kier alpha value is -0.0700. The van der Waals surface area contributed by atoms with Crippen molar-refractivity contribution in [2.45, 2.75) is 6.92 Å². The van der Waals surface area contributed by atoms with Crippen LogP contribution in [0.25, 0.3) is 0 Å². The maximum atomic E-state index is 9.83. The average Bonchev–Trinajstić information content (AvgIpc) is 2.01. The zero-order chi connectivity index (χ0) is 11.9. The summed E-state index contributed by atoms with van der Waals surface area (Å²) in [5.41, 5.74) is 1.32. The molecule has 0 saturated heterocycles. The van der Waals surface area contributed by atoms with Crippen LogP contribution in [0.4, 0.5) is 0 Å². The van der Waals surface area contributed by atoms with Crippen LogP contribution in [-0.2, 0) is 13.8 Å². The third kappa shape index (κ3) is 13.9. The third-order valence-electron chi connectivity index (χ3n) is 1.24. The van der Waals surface area contributed by atoms with E-state index in [4.69, 9.17) is 5.11 Å². The van der Waals surface area contributed by atoms with E-state index in [1.54, 1.807) is 0 Å². The van der Waals surface area contributed by atoms with Crippen molar-refractivity contribution in [3.63, 3.8) is 0 Å². The van der Waals surface area contributed by atoms with Crippen LogP contribution in [0.1, 0.15) is 5.56 Å². The van der Waals surface area contributed by atoms with Gasteiger partial charge in [0.1, 0.15) is 0 Å². The average molecular weight is 275 g/mol. The molecule has 0 radical (unpaired) electrons. The summed E-state index contributed by atoms with van der Waals surface area (Å²) in [6.07, 6.45) is 0. The van der Waals surface area contributed by atoms with Crippen LogP contribution in [0, 0.1) is 6.92 Å². The monoisotopic (exact) mass is 274 g/mol. The first kappa shape index (κ1) is 18.3. The summed E-state index contributed by atoms with van der Waals surface area (Å²) in [6, 6.07) is 10.3. The van der Waals surface area contributed by atoms with E-state index in [1.165, 1.54) is 5.56 Å². The number of aliphatic carboxylic acids is 1. The van der Waals surface area contributed by atoms with Gasteiger partial charge < -0.3 is 5.11 Å². The molecule has 0 aliphatic carbocycles. The van der Waals surface area contributed by atoms with Crippen molar-refractivity contribution in [3.8, 4) is 0 Å². The predicted octanol–water partition coefficient (Wildman–Crippen LogP) is 0.986. The van der Waals surface area contributed by atoms with Gasteiger partial charge >= 0.3 is 35.5 Å². The summed E-state index contributed by atoms with van der Waals surface area (Å²) < 4.78 is 19.7. The van der Waals surface area contributed by atoms with Gasteiger partial charge in [0.15, 0.2) is 5.75 Å². The minimum atomic E-state index is -3.85. The fourth-order valence-corrected chi connectivity index (χ4v) is 1.26. The van der Waals surface area contributed by atoms with Crippen molar-refractivity contribution in [1.29, 1.82) is 0 Å². The molecule has 16 heavy (non-hydrogen) atoms. The molecule has 1 rings (SSSR count). The quantitative estimate of drug-likeness (QED) is 0.645. The van der Waals surface area contributed by atoms with Crippen molar-refractivity contribution in [3.05, 3.63) is 35.9 Å². The fraction of sp³-hybridized carbons (Fsp3) is 0.222. The molecule has 0 fully saturated rings. The molecule has 1 aromatic rings. The molecule has 1 N–H and O–H groups in total. The summed E-state index contributed by atoms with van der Waals surface area (Å²) in [7, 11) is 0.669. The Kier molecular flexibility index (Phi) is 10.3. The number of carbonyl (C=O) groups is 1. The van der Waals surface area contributed by atoms with Crippen LogP contribution in [0.2, 0.25) is 0 Å². The van der Waals surface area contributed by atoms with E-state index in [0.29, 0.717) is 0 Å². The van der Waals surface area contributed by atoms with Crippen LogP contribution in [0.15, 0.2) is 30.3 Å². The van der Waals surface area contributed by atoms with Crippen LogP contribution in [-0.4, -0.2) is 54.8 Å². The van der Waals surface area contributed by atoms with Gasteiger partial charge in [-0.1, -0.05) is 35.9 Å². The Bertz CT molecular complexity index is 405. The maximum absolute atomic E-state index is 9.83. The second-order valence-electron chi connectivity index (χ2n) is 2.73. The van der Waals surface area contributed by atoms with Crippen molar-refractivity contribution >= 4 is 55.3 Å². The predicted molar refractivity (Wildman–Crippen MR) is 65.6 cm³/mol. The fourth-order valence-electron chi connectivity index (χ4n) is 0.682. The van der Waals surface area contributed by atoms with Gasteiger partial charge in [0.05, 0.1) is 0 Å². The van der Waals surface area contributed by atoms with Gasteiger partial charge in [0.25, 0.3) is 0 Å². The summed E-state index contributed by atoms with van der Waals surface area (Å²) in [6.45, 7) is 2.08. The van der Waals surface area contributed by atoms with E-state index in [-0.39, 0.29) is 29.6 Å². The molecule has 0 aliphatic heterocycles.